The number of carbonyl (C=O) groups excluding carboxylic acids is 1. The third-order valence-corrected chi connectivity index (χ3v) is 4.08. The number of benzene rings is 1. The molecule has 124 valence electrons. The van der Waals surface area contributed by atoms with Crippen LogP contribution in [0.1, 0.15) is 23.9 Å². The molecule has 0 spiro atoms. The van der Waals surface area contributed by atoms with Gasteiger partial charge in [-0.3, -0.25) is 4.79 Å². The topological polar surface area (TPSA) is 73.3 Å². The smallest absolute Gasteiger partial charge is 0.228 e. The number of hydrogen-bond donors (Lipinski definition) is 1. The van der Waals surface area contributed by atoms with Crippen LogP contribution in [0.5, 0.6) is 5.75 Å². The SMILES string of the molecule is CCOCCC(=O)Nc1nnc(CCc2ccc(OC)cc2)s1. The van der Waals surface area contributed by atoms with Crippen LogP contribution in [0.2, 0.25) is 0 Å². The number of aromatic nitrogens is 2. The molecular weight excluding hydrogens is 314 g/mol. The number of amides is 1. The third kappa shape index (κ3) is 5.96. The molecule has 0 aliphatic carbocycles. The van der Waals surface area contributed by atoms with Gasteiger partial charge in [0.25, 0.3) is 0 Å². The van der Waals surface area contributed by atoms with Gasteiger partial charge in [-0.25, -0.2) is 0 Å². The fraction of sp³-hybridized carbons (Fsp3) is 0.438. The monoisotopic (exact) mass is 335 g/mol. The minimum absolute atomic E-state index is 0.101. The fourth-order valence-corrected chi connectivity index (χ4v) is 2.70. The van der Waals surface area contributed by atoms with E-state index in [2.05, 4.69) is 15.5 Å². The Kier molecular flexibility index (Phi) is 6.96. The molecule has 23 heavy (non-hydrogen) atoms. The van der Waals surface area contributed by atoms with Crippen molar-refractivity contribution in [2.24, 2.45) is 0 Å². The molecule has 1 aromatic heterocycles. The number of aryl methyl sites for hydroxylation is 2. The molecule has 0 saturated heterocycles. The van der Waals surface area contributed by atoms with Crippen molar-refractivity contribution in [2.45, 2.75) is 26.2 Å². The number of anilines is 1. The van der Waals surface area contributed by atoms with Crippen molar-refractivity contribution in [1.29, 1.82) is 0 Å². The Labute approximate surface area is 139 Å². The quantitative estimate of drug-likeness (QED) is 0.713. The summed E-state index contributed by atoms with van der Waals surface area (Å²) in [6.45, 7) is 2.94. The first-order chi connectivity index (χ1) is 11.2. The summed E-state index contributed by atoms with van der Waals surface area (Å²) >= 11 is 1.41. The van der Waals surface area contributed by atoms with Gasteiger partial charge in [0, 0.05) is 13.0 Å². The molecule has 1 heterocycles. The number of nitrogens with zero attached hydrogens (tertiary/aromatic N) is 2. The van der Waals surface area contributed by atoms with Gasteiger partial charge in [0.2, 0.25) is 11.0 Å². The van der Waals surface area contributed by atoms with Crippen molar-refractivity contribution in [3.63, 3.8) is 0 Å². The lowest BCUT2D eigenvalue weighted by Gasteiger charge is -2.02. The molecule has 1 amide bonds. The number of rotatable bonds is 9. The Balaban J connectivity index is 1.78. The van der Waals surface area contributed by atoms with Crippen molar-refractivity contribution in [3.05, 3.63) is 34.8 Å². The third-order valence-electron chi connectivity index (χ3n) is 3.18. The van der Waals surface area contributed by atoms with Gasteiger partial charge in [-0.05, 0) is 31.0 Å². The summed E-state index contributed by atoms with van der Waals surface area (Å²) in [6.07, 6.45) is 1.99. The van der Waals surface area contributed by atoms with E-state index in [4.69, 9.17) is 9.47 Å². The van der Waals surface area contributed by atoms with Gasteiger partial charge < -0.3 is 14.8 Å². The van der Waals surface area contributed by atoms with E-state index in [1.165, 1.54) is 16.9 Å². The van der Waals surface area contributed by atoms with E-state index in [0.717, 1.165) is 23.6 Å². The van der Waals surface area contributed by atoms with E-state index in [9.17, 15) is 4.79 Å². The molecule has 0 radical (unpaired) electrons. The second-order valence-electron chi connectivity index (χ2n) is 4.84. The summed E-state index contributed by atoms with van der Waals surface area (Å²) < 4.78 is 10.3. The predicted molar refractivity (Wildman–Crippen MR) is 90.1 cm³/mol. The van der Waals surface area contributed by atoms with Crippen LogP contribution in [-0.2, 0) is 22.4 Å². The molecule has 0 bridgehead atoms. The van der Waals surface area contributed by atoms with Crippen molar-refractivity contribution in [1.82, 2.24) is 10.2 Å². The Bertz CT molecular complexity index is 613. The van der Waals surface area contributed by atoms with Crippen LogP contribution in [0.15, 0.2) is 24.3 Å². The molecule has 6 nitrogen and oxygen atoms in total. The fourth-order valence-electron chi connectivity index (χ4n) is 1.94. The first-order valence-electron chi connectivity index (χ1n) is 7.54. The first-order valence-corrected chi connectivity index (χ1v) is 8.35. The lowest BCUT2D eigenvalue weighted by Crippen LogP contribution is -2.13. The number of nitrogens with one attached hydrogen (secondary N) is 1. The van der Waals surface area contributed by atoms with E-state index >= 15 is 0 Å². The van der Waals surface area contributed by atoms with E-state index in [1.54, 1.807) is 7.11 Å². The number of methoxy groups -OCH3 is 1. The molecule has 0 unspecified atom stereocenters. The molecule has 0 aliphatic rings. The molecule has 0 fully saturated rings. The Hall–Kier alpha value is -1.99. The van der Waals surface area contributed by atoms with Crippen molar-refractivity contribution < 1.29 is 14.3 Å². The lowest BCUT2D eigenvalue weighted by atomic mass is 10.1. The normalized spacial score (nSPS) is 10.5. The standard InChI is InChI=1S/C16H21N3O3S/c1-3-22-11-10-14(20)17-16-19-18-15(23-16)9-6-12-4-7-13(21-2)8-5-12/h4-5,7-8H,3,6,9-11H2,1-2H3,(H,17,19,20). The second-order valence-corrected chi connectivity index (χ2v) is 5.91. The van der Waals surface area contributed by atoms with Gasteiger partial charge in [-0.15, -0.1) is 10.2 Å². The van der Waals surface area contributed by atoms with Crippen LogP contribution in [-0.4, -0.2) is 36.4 Å². The highest BCUT2D eigenvalue weighted by Gasteiger charge is 2.08. The van der Waals surface area contributed by atoms with Crippen molar-refractivity contribution in [2.75, 3.05) is 25.6 Å². The van der Waals surface area contributed by atoms with E-state index in [0.29, 0.717) is 24.8 Å². The van der Waals surface area contributed by atoms with E-state index in [1.807, 2.05) is 31.2 Å². The summed E-state index contributed by atoms with van der Waals surface area (Å²) in [5.41, 5.74) is 1.21. The largest absolute Gasteiger partial charge is 0.497 e. The van der Waals surface area contributed by atoms with Crippen molar-refractivity contribution >= 4 is 22.4 Å². The molecule has 0 atom stereocenters. The average molecular weight is 335 g/mol. The van der Waals surface area contributed by atoms with E-state index in [-0.39, 0.29) is 5.91 Å². The summed E-state index contributed by atoms with van der Waals surface area (Å²) in [7, 11) is 1.65. The summed E-state index contributed by atoms with van der Waals surface area (Å²) in [5, 5.41) is 12.3. The number of ether oxygens (including phenoxy) is 2. The molecule has 1 aromatic carbocycles. The highest BCUT2D eigenvalue weighted by molar-refractivity contribution is 7.15. The van der Waals surface area contributed by atoms with Gasteiger partial charge in [0.15, 0.2) is 0 Å². The molecule has 2 aromatic rings. The van der Waals surface area contributed by atoms with Crippen LogP contribution in [0, 0.1) is 0 Å². The van der Waals surface area contributed by atoms with E-state index < -0.39 is 0 Å². The molecule has 0 saturated carbocycles. The Morgan fingerprint density at radius 1 is 1.22 bits per heavy atom. The van der Waals surface area contributed by atoms with Crippen molar-refractivity contribution in [3.8, 4) is 5.75 Å². The minimum Gasteiger partial charge on any atom is -0.497 e. The van der Waals surface area contributed by atoms with Crippen LogP contribution in [0.25, 0.3) is 0 Å². The van der Waals surface area contributed by atoms with Crippen LogP contribution >= 0.6 is 11.3 Å². The first kappa shape index (κ1) is 17.4. The highest BCUT2D eigenvalue weighted by Crippen LogP contribution is 2.18. The van der Waals surface area contributed by atoms with Gasteiger partial charge >= 0.3 is 0 Å². The average Bonchev–Trinajstić information content (AvgIpc) is 3.01. The van der Waals surface area contributed by atoms with Gasteiger partial charge in [-0.1, -0.05) is 23.5 Å². The molecule has 7 heteroatoms. The predicted octanol–water partition coefficient (Wildman–Crippen LogP) is 2.70. The zero-order valence-corrected chi connectivity index (χ0v) is 14.2. The molecule has 2 rings (SSSR count). The summed E-state index contributed by atoms with van der Waals surface area (Å²) in [4.78, 5) is 11.7. The Morgan fingerprint density at radius 2 is 2.00 bits per heavy atom. The minimum atomic E-state index is -0.101. The summed E-state index contributed by atoms with van der Waals surface area (Å²) in [6, 6.07) is 7.96. The van der Waals surface area contributed by atoms with Crippen LogP contribution in [0.3, 0.4) is 0 Å². The second kappa shape index (κ2) is 9.22. The lowest BCUT2D eigenvalue weighted by molar-refractivity contribution is -0.117. The Morgan fingerprint density at radius 3 is 2.70 bits per heavy atom. The van der Waals surface area contributed by atoms with Crippen LogP contribution in [0.4, 0.5) is 5.13 Å². The van der Waals surface area contributed by atoms with Crippen LogP contribution < -0.4 is 10.1 Å². The number of hydrogen-bond acceptors (Lipinski definition) is 6. The zero-order valence-electron chi connectivity index (χ0n) is 13.4. The van der Waals surface area contributed by atoms with Gasteiger partial charge in [0.1, 0.15) is 10.8 Å². The summed E-state index contributed by atoms with van der Waals surface area (Å²) in [5.74, 6) is 0.748. The maximum atomic E-state index is 11.7. The maximum absolute atomic E-state index is 11.7. The highest BCUT2D eigenvalue weighted by atomic mass is 32.1. The number of carbonyl (C=O) groups is 1. The zero-order chi connectivity index (χ0) is 16.5. The molecule has 1 N–H and O–H groups in total. The van der Waals surface area contributed by atoms with Gasteiger partial charge in [-0.2, -0.15) is 0 Å². The van der Waals surface area contributed by atoms with Gasteiger partial charge in [0.05, 0.1) is 20.1 Å². The molecular formula is C16H21N3O3S. The molecule has 0 aliphatic heterocycles. The maximum Gasteiger partial charge on any atom is 0.228 e.